The molecule has 88 valence electrons. The zero-order chi connectivity index (χ0) is 12.6. The first-order valence-electron chi connectivity index (χ1n) is 4.91. The van der Waals surface area contributed by atoms with Crippen molar-refractivity contribution in [1.29, 1.82) is 0 Å². The molecule has 0 saturated heterocycles. The molecule has 6 heteroatoms. The van der Waals surface area contributed by atoms with E-state index in [2.05, 4.69) is 17.9 Å². The molecule has 0 fully saturated rings. The fourth-order valence-electron chi connectivity index (χ4n) is 1.64. The highest BCUT2D eigenvalue weighted by atomic mass is 32.1. The Labute approximate surface area is 103 Å². The predicted molar refractivity (Wildman–Crippen MR) is 65.3 cm³/mol. The largest absolute Gasteiger partial charge is 0.325 e. The summed E-state index contributed by atoms with van der Waals surface area (Å²) in [5.41, 5.74) is 1.16. The molecule has 0 bridgehead atoms. The molecule has 1 N–H and O–H groups in total. The standard InChI is InChI=1S/C11H10N2O3S/c1-13-10(15)7-3-2-6(12-9(14)5-17)4-8(7)11(13)16/h2-4,17H,5H2,1H3,(H,12,14). The van der Waals surface area contributed by atoms with Gasteiger partial charge >= 0.3 is 0 Å². The van der Waals surface area contributed by atoms with E-state index in [1.165, 1.54) is 19.2 Å². The second-order valence-corrected chi connectivity index (χ2v) is 3.95. The average molecular weight is 250 g/mol. The van der Waals surface area contributed by atoms with Crippen molar-refractivity contribution in [3.8, 4) is 0 Å². The van der Waals surface area contributed by atoms with Crippen LogP contribution in [0.25, 0.3) is 0 Å². The minimum absolute atomic E-state index is 0.0594. The van der Waals surface area contributed by atoms with Gasteiger partial charge in [-0.3, -0.25) is 19.3 Å². The minimum Gasteiger partial charge on any atom is -0.325 e. The fourth-order valence-corrected chi connectivity index (χ4v) is 1.72. The number of carbonyl (C=O) groups is 3. The number of rotatable bonds is 2. The molecule has 5 nitrogen and oxygen atoms in total. The Morgan fingerprint density at radius 2 is 1.94 bits per heavy atom. The van der Waals surface area contributed by atoms with Gasteiger partial charge in [0.05, 0.1) is 16.9 Å². The van der Waals surface area contributed by atoms with Crippen molar-refractivity contribution in [2.24, 2.45) is 0 Å². The van der Waals surface area contributed by atoms with Crippen molar-refractivity contribution in [1.82, 2.24) is 4.90 Å². The van der Waals surface area contributed by atoms with E-state index in [1.807, 2.05) is 0 Å². The molecule has 1 aliphatic heterocycles. The highest BCUT2D eigenvalue weighted by Crippen LogP contribution is 2.24. The molecule has 0 aromatic heterocycles. The Morgan fingerprint density at radius 3 is 2.59 bits per heavy atom. The number of hydrogen-bond acceptors (Lipinski definition) is 4. The molecule has 0 radical (unpaired) electrons. The molecule has 0 atom stereocenters. The Hall–Kier alpha value is -1.82. The number of benzene rings is 1. The van der Waals surface area contributed by atoms with Crippen LogP contribution in [-0.4, -0.2) is 35.4 Å². The quantitative estimate of drug-likeness (QED) is 0.602. The van der Waals surface area contributed by atoms with E-state index in [0.717, 1.165) is 4.90 Å². The third-order valence-corrected chi connectivity index (χ3v) is 2.80. The van der Waals surface area contributed by atoms with Crippen LogP contribution in [0, 0.1) is 0 Å². The van der Waals surface area contributed by atoms with Crippen molar-refractivity contribution in [2.75, 3.05) is 18.1 Å². The minimum atomic E-state index is -0.355. The van der Waals surface area contributed by atoms with Crippen LogP contribution >= 0.6 is 12.6 Å². The van der Waals surface area contributed by atoms with E-state index in [0.29, 0.717) is 16.8 Å². The first kappa shape index (κ1) is 11.7. The molecule has 2 rings (SSSR count). The van der Waals surface area contributed by atoms with Gasteiger partial charge in [-0.05, 0) is 18.2 Å². The summed E-state index contributed by atoms with van der Waals surface area (Å²) in [5, 5.41) is 2.57. The smallest absolute Gasteiger partial charge is 0.261 e. The van der Waals surface area contributed by atoms with Crippen LogP contribution in [0.3, 0.4) is 0 Å². The molecule has 1 heterocycles. The van der Waals surface area contributed by atoms with Crippen LogP contribution in [-0.2, 0) is 4.79 Å². The summed E-state index contributed by atoms with van der Waals surface area (Å²) in [6.07, 6.45) is 0. The van der Waals surface area contributed by atoms with Crippen LogP contribution in [0.4, 0.5) is 5.69 Å². The summed E-state index contributed by atoms with van der Waals surface area (Å²) >= 11 is 3.83. The van der Waals surface area contributed by atoms with Crippen LogP contribution in [0.15, 0.2) is 18.2 Å². The Balaban J connectivity index is 2.36. The first-order chi connectivity index (χ1) is 8.04. The van der Waals surface area contributed by atoms with Crippen molar-refractivity contribution >= 4 is 36.0 Å². The molecule has 1 aliphatic rings. The third kappa shape index (κ3) is 1.91. The van der Waals surface area contributed by atoms with Crippen molar-refractivity contribution in [3.05, 3.63) is 29.3 Å². The van der Waals surface area contributed by atoms with Gasteiger partial charge in [0.15, 0.2) is 0 Å². The normalized spacial score (nSPS) is 13.9. The number of nitrogens with zero attached hydrogens (tertiary/aromatic N) is 1. The topological polar surface area (TPSA) is 66.5 Å². The van der Waals surface area contributed by atoms with Crippen LogP contribution in [0.1, 0.15) is 20.7 Å². The van der Waals surface area contributed by atoms with Gasteiger partial charge in [-0.1, -0.05) is 0 Å². The zero-order valence-corrected chi connectivity index (χ0v) is 9.95. The molecule has 17 heavy (non-hydrogen) atoms. The Morgan fingerprint density at radius 1 is 1.29 bits per heavy atom. The van der Waals surface area contributed by atoms with Gasteiger partial charge in [0.2, 0.25) is 5.91 Å². The number of fused-ring (bicyclic) bond motifs is 1. The first-order valence-corrected chi connectivity index (χ1v) is 5.55. The number of carbonyl (C=O) groups excluding carboxylic acids is 3. The van der Waals surface area contributed by atoms with Crippen LogP contribution in [0.2, 0.25) is 0 Å². The summed E-state index contributed by atoms with van der Waals surface area (Å²) < 4.78 is 0. The van der Waals surface area contributed by atoms with Gasteiger partial charge in [0.25, 0.3) is 11.8 Å². The van der Waals surface area contributed by atoms with E-state index in [4.69, 9.17) is 0 Å². The molecule has 0 saturated carbocycles. The SMILES string of the molecule is CN1C(=O)c2ccc(NC(=O)CS)cc2C1=O. The summed E-state index contributed by atoms with van der Waals surface area (Å²) in [7, 11) is 1.43. The lowest BCUT2D eigenvalue weighted by Gasteiger charge is -2.04. The van der Waals surface area contributed by atoms with Gasteiger partial charge in [-0.25, -0.2) is 0 Å². The summed E-state index contributed by atoms with van der Waals surface area (Å²) in [4.78, 5) is 35.5. The highest BCUT2D eigenvalue weighted by molar-refractivity contribution is 7.81. The second kappa shape index (κ2) is 4.21. The highest BCUT2D eigenvalue weighted by Gasteiger charge is 2.32. The monoisotopic (exact) mass is 250 g/mol. The molecule has 1 aromatic carbocycles. The summed E-state index contributed by atoms with van der Waals surface area (Å²) in [6, 6.07) is 4.62. The van der Waals surface area contributed by atoms with Crippen LogP contribution < -0.4 is 5.32 Å². The van der Waals surface area contributed by atoms with Gasteiger partial charge in [0.1, 0.15) is 0 Å². The summed E-state index contributed by atoms with van der Waals surface area (Å²) in [6.45, 7) is 0. The third-order valence-electron chi connectivity index (χ3n) is 2.52. The van der Waals surface area contributed by atoms with Gasteiger partial charge in [0, 0.05) is 12.7 Å². The van der Waals surface area contributed by atoms with E-state index >= 15 is 0 Å². The number of imide groups is 1. The number of amides is 3. The lowest BCUT2D eigenvalue weighted by molar-refractivity contribution is -0.113. The molecule has 0 unspecified atom stereocenters. The number of hydrogen-bond donors (Lipinski definition) is 2. The molecular formula is C11H10N2O3S. The molecule has 0 aliphatic carbocycles. The molecular weight excluding hydrogens is 240 g/mol. The fraction of sp³-hybridized carbons (Fsp3) is 0.182. The van der Waals surface area contributed by atoms with Crippen molar-refractivity contribution in [2.45, 2.75) is 0 Å². The number of anilines is 1. The zero-order valence-electron chi connectivity index (χ0n) is 9.06. The predicted octanol–water partition coefficient (Wildman–Crippen LogP) is 0.781. The lowest BCUT2D eigenvalue weighted by Crippen LogP contribution is -2.24. The van der Waals surface area contributed by atoms with E-state index in [-0.39, 0.29) is 23.5 Å². The van der Waals surface area contributed by atoms with Gasteiger partial charge in [-0.2, -0.15) is 12.6 Å². The van der Waals surface area contributed by atoms with Gasteiger partial charge < -0.3 is 5.32 Å². The Kier molecular flexibility index (Phi) is 2.89. The van der Waals surface area contributed by atoms with E-state index in [1.54, 1.807) is 6.07 Å². The van der Waals surface area contributed by atoms with E-state index < -0.39 is 0 Å². The maximum Gasteiger partial charge on any atom is 0.261 e. The number of nitrogens with one attached hydrogen (secondary N) is 1. The Bertz CT molecular complexity index is 527. The summed E-state index contributed by atoms with van der Waals surface area (Å²) in [5.74, 6) is -0.883. The van der Waals surface area contributed by atoms with Gasteiger partial charge in [-0.15, -0.1) is 0 Å². The van der Waals surface area contributed by atoms with Crippen LogP contribution in [0.5, 0.6) is 0 Å². The number of thiol groups is 1. The lowest BCUT2D eigenvalue weighted by atomic mass is 10.1. The van der Waals surface area contributed by atoms with E-state index in [9.17, 15) is 14.4 Å². The average Bonchev–Trinajstić information content (AvgIpc) is 2.54. The van der Waals surface area contributed by atoms with Crippen molar-refractivity contribution in [3.63, 3.8) is 0 Å². The molecule has 0 spiro atoms. The second-order valence-electron chi connectivity index (χ2n) is 3.64. The van der Waals surface area contributed by atoms with Crippen molar-refractivity contribution < 1.29 is 14.4 Å². The molecule has 3 amide bonds. The maximum atomic E-state index is 11.7. The maximum absolute atomic E-state index is 11.7. The molecule has 1 aromatic rings.